The van der Waals surface area contributed by atoms with Crippen LogP contribution in [-0.4, -0.2) is 31.5 Å². The molecular weight excluding hydrogens is 258 g/mol. The Bertz CT molecular complexity index is 516. The Morgan fingerprint density at radius 3 is 2.60 bits per heavy atom. The van der Waals surface area contributed by atoms with Crippen molar-refractivity contribution in [1.29, 1.82) is 0 Å². The molecule has 0 bridgehead atoms. The fourth-order valence-corrected chi connectivity index (χ4v) is 1.85. The molecule has 1 aromatic rings. The van der Waals surface area contributed by atoms with Crippen LogP contribution in [0.4, 0.5) is 4.79 Å². The van der Waals surface area contributed by atoms with Crippen LogP contribution in [0.1, 0.15) is 18.9 Å². The maximum absolute atomic E-state index is 10.7. The summed E-state index contributed by atoms with van der Waals surface area (Å²) in [7, 11) is 3.17. The Morgan fingerprint density at radius 2 is 2.05 bits per heavy atom. The Morgan fingerprint density at radius 1 is 1.35 bits per heavy atom. The number of carboxylic acid groups (broad SMARTS) is 1. The molecule has 0 aliphatic heterocycles. The van der Waals surface area contributed by atoms with Crippen LogP contribution in [0.15, 0.2) is 18.2 Å². The van der Waals surface area contributed by atoms with Gasteiger partial charge in [0.2, 0.25) is 0 Å². The Kier molecular flexibility index (Phi) is 6.24. The molecule has 5 heteroatoms. The summed E-state index contributed by atoms with van der Waals surface area (Å²) in [6, 6.07) is 5.28. The van der Waals surface area contributed by atoms with E-state index in [1.807, 2.05) is 18.2 Å². The molecule has 1 rings (SSSR count). The van der Waals surface area contributed by atoms with Gasteiger partial charge in [0.15, 0.2) is 11.5 Å². The van der Waals surface area contributed by atoms with Crippen LogP contribution in [0.25, 0.3) is 0 Å². The van der Waals surface area contributed by atoms with Crippen molar-refractivity contribution in [2.24, 2.45) is 0 Å². The molecule has 0 aliphatic rings. The number of methoxy groups -OCH3 is 2. The molecule has 1 atom stereocenters. The third-order valence-electron chi connectivity index (χ3n) is 2.79. The van der Waals surface area contributed by atoms with E-state index in [-0.39, 0.29) is 6.04 Å². The van der Waals surface area contributed by atoms with Crippen molar-refractivity contribution < 1.29 is 19.4 Å². The van der Waals surface area contributed by atoms with E-state index in [1.54, 1.807) is 21.1 Å². The summed E-state index contributed by atoms with van der Waals surface area (Å²) in [4.78, 5) is 10.7. The molecule has 0 saturated heterocycles. The third kappa shape index (κ3) is 4.73. The Hall–Kier alpha value is -2.35. The van der Waals surface area contributed by atoms with Crippen molar-refractivity contribution in [2.45, 2.75) is 25.8 Å². The average molecular weight is 277 g/mol. The van der Waals surface area contributed by atoms with Gasteiger partial charge in [0.05, 0.1) is 20.3 Å². The third-order valence-corrected chi connectivity index (χ3v) is 2.79. The van der Waals surface area contributed by atoms with Crippen molar-refractivity contribution in [2.75, 3.05) is 14.2 Å². The van der Waals surface area contributed by atoms with E-state index in [0.717, 1.165) is 5.56 Å². The summed E-state index contributed by atoms with van der Waals surface area (Å²) >= 11 is 0. The lowest BCUT2D eigenvalue weighted by atomic mass is 10.0. The first kappa shape index (κ1) is 15.7. The summed E-state index contributed by atoms with van der Waals surface area (Å²) in [5.41, 5.74) is 1.04. The van der Waals surface area contributed by atoms with Gasteiger partial charge in [-0.25, -0.2) is 4.79 Å². The second-order valence-electron chi connectivity index (χ2n) is 4.12. The van der Waals surface area contributed by atoms with Crippen molar-refractivity contribution in [3.63, 3.8) is 0 Å². The minimum absolute atomic E-state index is 0.370. The fourth-order valence-electron chi connectivity index (χ4n) is 1.85. The van der Waals surface area contributed by atoms with Crippen LogP contribution < -0.4 is 14.8 Å². The minimum Gasteiger partial charge on any atom is -0.493 e. The van der Waals surface area contributed by atoms with Crippen LogP contribution in [-0.2, 0) is 6.42 Å². The molecule has 0 saturated carbocycles. The maximum atomic E-state index is 10.7. The van der Waals surface area contributed by atoms with Crippen molar-refractivity contribution in [3.05, 3.63) is 23.8 Å². The number of benzene rings is 1. The number of hydrogen-bond acceptors (Lipinski definition) is 3. The monoisotopic (exact) mass is 277 g/mol. The highest BCUT2D eigenvalue weighted by atomic mass is 16.5. The van der Waals surface area contributed by atoms with Crippen LogP contribution in [0.5, 0.6) is 11.5 Å². The highest BCUT2D eigenvalue weighted by Crippen LogP contribution is 2.28. The molecule has 0 spiro atoms. The molecular formula is C15H19NO4. The lowest BCUT2D eigenvalue weighted by Crippen LogP contribution is -2.32. The quantitative estimate of drug-likeness (QED) is 0.783. The lowest BCUT2D eigenvalue weighted by Gasteiger charge is -2.12. The van der Waals surface area contributed by atoms with E-state index < -0.39 is 6.09 Å². The fraction of sp³-hybridized carbons (Fsp3) is 0.400. The largest absolute Gasteiger partial charge is 0.493 e. The van der Waals surface area contributed by atoms with Crippen LogP contribution in [0, 0.1) is 11.8 Å². The van der Waals surface area contributed by atoms with Crippen LogP contribution in [0.2, 0.25) is 0 Å². The number of ether oxygens (including phenoxy) is 2. The van der Waals surface area contributed by atoms with Crippen LogP contribution in [0.3, 0.4) is 0 Å². The summed E-state index contributed by atoms with van der Waals surface area (Å²) in [5.74, 6) is 6.90. The first-order valence-corrected chi connectivity index (χ1v) is 6.23. The summed E-state index contributed by atoms with van der Waals surface area (Å²) in [5, 5.41) is 11.1. The summed E-state index contributed by atoms with van der Waals surface area (Å²) in [6.07, 6.45) is 0.229. The molecule has 0 aromatic heterocycles. The molecule has 0 fully saturated rings. The maximum Gasteiger partial charge on any atom is 0.405 e. The molecule has 20 heavy (non-hydrogen) atoms. The van der Waals surface area contributed by atoms with Crippen LogP contribution >= 0.6 is 0 Å². The first-order valence-electron chi connectivity index (χ1n) is 6.23. The second-order valence-corrected chi connectivity index (χ2v) is 4.12. The predicted molar refractivity (Wildman–Crippen MR) is 76.3 cm³/mol. The number of amides is 1. The number of aryl methyl sites for hydroxylation is 1. The van der Waals surface area contributed by atoms with Gasteiger partial charge in [-0.3, -0.25) is 0 Å². The standard InChI is InChI=1S/C15H19NO4/c1-4-5-12(16-15(17)18)8-6-11-7-9-13(19-2)14(10-11)20-3/h7,9-10,12,16H,6,8H2,1-3H3,(H,17,18). The summed E-state index contributed by atoms with van der Waals surface area (Å²) in [6.45, 7) is 1.69. The first-order chi connectivity index (χ1) is 9.60. The number of rotatable bonds is 6. The normalized spacial score (nSPS) is 10.9. The van der Waals surface area contributed by atoms with Crippen molar-refractivity contribution in [1.82, 2.24) is 5.32 Å². The molecule has 5 nitrogen and oxygen atoms in total. The summed E-state index contributed by atoms with van der Waals surface area (Å²) < 4.78 is 10.4. The number of carbonyl (C=O) groups is 1. The second kappa shape index (κ2) is 7.95. The van der Waals surface area contributed by atoms with Gasteiger partial charge in [0.25, 0.3) is 0 Å². The molecule has 1 aromatic carbocycles. The lowest BCUT2D eigenvalue weighted by molar-refractivity contribution is 0.192. The molecule has 108 valence electrons. The molecule has 1 amide bonds. The zero-order valence-electron chi connectivity index (χ0n) is 11.9. The Balaban J connectivity index is 2.71. The van der Waals surface area contributed by atoms with Gasteiger partial charge in [-0.05, 0) is 37.5 Å². The van der Waals surface area contributed by atoms with Gasteiger partial charge < -0.3 is 19.9 Å². The highest BCUT2D eigenvalue weighted by molar-refractivity contribution is 5.65. The molecule has 0 heterocycles. The SMILES string of the molecule is CC#CC(CCc1ccc(OC)c(OC)c1)NC(=O)O. The average Bonchev–Trinajstić information content (AvgIpc) is 2.44. The van der Waals surface area contributed by atoms with Crippen molar-refractivity contribution >= 4 is 6.09 Å². The topological polar surface area (TPSA) is 67.8 Å². The van der Waals surface area contributed by atoms with Gasteiger partial charge in [-0.1, -0.05) is 12.0 Å². The molecule has 1 unspecified atom stereocenters. The van der Waals surface area contributed by atoms with Gasteiger partial charge in [0.1, 0.15) is 0 Å². The van der Waals surface area contributed by atoms with E-state index in [2.05, 4.69) is 17.2 Å². The van der Waals surface area contributed by atoms with E-state index in [4.69, 9.17) is 14.6 Å². The number of hydrogen-bond donors (Lipinski definition) is 2. The van der Waals surface area contributed by atoms with E-state index in [9.17, 15) is 4.79 Å². The van der Waals surface area contributed by atoms with E-state index in [0.29, 0.717) is 24.3 Å². The zero-order valence-corrected chi connectivity index (χ0v) is 11.9. The van der Waals surface area contributed by atoms with Gasteiger partial charge >= 0.3 is 6.09 Å². The van der Waals surface area contributed by atoms with E-state index >= 15 is 0 Å². The highest BCUT2D eigenvalue weighted by Gasteiger charge is 2.10. The predicted octanol–water partition coefficient (Wildman–Crippen LogP) is 2.30. The number of nitrogens with one attached hydrogen (secondary N) is 1. The Labute approximate surface area is 118 Å². The molecule has 2 N–H and O–H groups in total. The zero-order chi connectivity index (χ0) is 15.0. The van der Waals surface area contributed by atoms with Gasteiger partial charge in [-0.15, -0.1) is 5.92 Å². The smallest absolute Gasteiger partial charge is 0.405 e. The van der Waals surface area contributed by atoms with E-state index in [1.165, 1.54) is 0 Å². The van der Waals surface area contributed by atoms with Gasteiger partial charge in [-0.2, -0.15) is 0 Å². The molecule has 0 radical (unpaired) electrons. The molecule has 0 aliphatic carbocycles. The van der Waals surface area contributed by atoms with Gasteiger partial charge in [0, 0.05) is 0 Å². The minimum atomic E-state index is -1.06. The van der Waals surface area contributed by atoms with Crippen molar-refractivity contribution in [3.8, 4) is 23.3 Å².